The summed E-state index contributed by atoms with van der Waals surface area (Å²) >= 11 is 0. The Kier molecular flexibility index (Phi) is 3.97. The summed E-state index contributed by atoms with van der Waals surface area (Å²) in [5, 5.41) is 11.4. The lowest BCUT2D eigenvalue weighted by Gasteiger charge is -2.09. The average Bonchev–Trinajstić information content (AvgIpc) is 2.91. The maximum absolute atomic E-state index is 11.9. The summed E-state index contributed by atoms with van der Waals surface area (Å²) in [5.41, 5.74) is 1.84. The number of para-hydroxylation sites is 1. The zero-order chi connectivity index (χ0) is 13.7. The summed E-state index contributed by atoms with van der Waals surface area (Å²) in [6, 6.07) is 8.71. The van der Waals surface area contributed by atoms with Crippen molar-refractivity contribution in [1.29, 1.82) is 0 Å². The van der Waals surface area contributed by atoms with Crippen molar-refractivity contribution in [3.63, 3.8) is 0 Å². The minimum absolute atomic E-state index is 0.0264. The second-order valence-electron chi connectivity index (χ2n) is 4.02. The molecule has 0 atom stereocenters. The van der Waals surface area contributed by atoms with E-state index < -0.39 is 5.97 Å². The molecule has 1 aromatic heterocycles. The van der Waals surface area contributed by atoms with Crippen LogP contribution >= 0.6 is 0 Å². The summed E-state index contributed by atoms with van der Waals surface area (Å²) in [6.45, 7) is 0. The van der Waals surface area contributed by atoms with Crippen LogP contribution in [0.1, 0.15) is 22.3 Å². The zero-order valence-electron chi connectivity index (χ0n) is 10.1. The third kappa shape index (κ3) is 3.45. The molecule has 0 unspecified atom stereocenters. The Balaban J connectivity index is 2.11. The fraction of sp³-hybridized carbons (Fsp3) is 0.143. The van der Waals surface area contributed by atoms with Gasteiger partial charge in [0.2, 0.25) is 0 Å². The first-order chi connectivity index (χ1) is 9.16. The molecule has 0 radical (unpaired) electrons. The van der Waals surface area contributed by atoms with Gasteiger partial charge in [-0.1, -0.05) is 18.2 Å². The topological polar surface area (TPSA) is 79.5 Å². The highest BCUT2D eigenvalue weighted by Gasteiger charge is 2.10. The summed E-state index contributed by atoms with van der Waals surface area (Å²) in [7, 11) is 0. The first-order valence-electron chi connectivity index (χ1n) is 5.80. The predicted octanol–water partition coefficient (Wildman–Crippen LogP) is 2.55. The van der Waals surface area contributed by atoms with Gasteiger partial charge in [-0.2, -0.15) is 0 Å². The highest BCUT2D eigenvalue weighted by molar-refractivity contribution is 6.04. The van der Waals surface area contributed by atoms with Crippen molar-refractivity contribution in [2.24, 2.45) is 0 Å². The van der Waals surface area contributed by atoms with E-state index in [0.717, 1.165) is 5.56 Å². The first-order valence-corrected chi connectivity index (χ1v) is 5.80. The van der Waals surface area contributed by atoms with Crippen molar-refractivity contribution in [1.82, 2.24) is 0 Å². The summed E-state index contributed by atoms with van der Waals surface area (Å²) in [4.78, 5) is 22.5. The lowest BCUT2D eigenvalue weighted by Crippen LogP contribution is -2.12. The Bertz CT molecular complexity index is 575. The number of carboxylic acids is 1. The van der Waals surface area contributed by atoms with Crippen LogP contribution in [0.25, 0.3) is 0 Å². The molecule has 5 heteroatoms. The van der Waals surface area contributed by atoms with E-state index in [2.05, 4.69) is 5.32 Å². The molecular weight excluding hydrogens is 246 g/mol. The van der Waals surface area contributed by atoms with Crippen LogP contribution in [0, 0.1) is 0 Å². The number of benzene rings is 1. The molecule has 19 heavy (non-hydrogen) atoms. The maximum atomic E-state index is 11.9. The number of furan rings is 1. The molecule has 0 aliphatic carbocycles. The monoisotopic (exact) mass is 259 g/mol. The molecule has 1 amide bonds. The van der Waals surface area contributed by atoms with E-state index >= 15 is 0 Å². The van der Waals surface area contributed by atoms with Crippen LogP contribution in [0.5, 0.6) is 0 Å². The predicted molar refractivity (Wildman–Crippen MR) is 69.1 cm³/mol. The number of rotatable bonds is 5. The average molecular weight is 259 g/mol. The molecular formula is C14H13NO4. The van der Waals surface area contributed by atoms with E-state index in [0.29, 0.717) is 17.7 Å². The standard InChI is InChI=1S/C14H13NO4/c16-13(17)6-5-10-3-1-2-4-12(10)15-14(18)11-7-8-19-9-11/h1-4,7-9H,5-6H2,(H,15,18)(H,16,17). The molecule has 2 rings (SSSR count). The molecule has 0 aliphatic rings. The Morgan fingerprint density at radius 2 is 2.00 bits per heavy atom. The highest BCUT2D eigenvalue weighted by atomic mass is 16.4. The van der Waals surface area contributed by atoms with Gasteiger partial charge in [0.15, 0.2) is 0 Å². The van der Waals surface area contributed by atoms with E-state index in [-0.39, 0.29) is 12.3 Å². The van der Waals surface area contributed by atoms with E-state index in [1.165, 1.54) is 12.5 Å². The number of anilines is 1. The third-order valence-electron chi connectivity index (χ3n) is 2.66. The number of hydrogen-bond acceptors (Lipinski definition) is 3. The molecule has 1 heterocycles. The molecule has 2 aromatic rings. The molecule has 5 nitrogen and oxygen atoms in total. The summed E-state index contributed by atoms with van der Waals surface area (Å²) in [6.07, 6.45) is 3.18. The molecule has 2 N–H and O–H groups in total. The SMILES string of the molecule is O=C(O)CCc1ccccc1NC(=O)c1ccoc1. The third-order valence-corrected chi connectivity index (χ3v) is 2.66. The molecule has 0 spiro atoms. The second kappa shape index (κ2) is 5.86. The molecule has 0 bridgehead atoms. The van der Waals surface area contributed by atoms with Gasteiger partial charge in [0, 0.05) is 12.1 Å². The van der Waals surface area contributed by atoms with E-state index in [1.807, 2.05) is 6.07 Å². The normalized spacial score (nSPS) is 10.1. The number of nitrogens with one attached hydrogen (secondary N) is 1. The first kappa shape index (κ1) is 12.9. The largest absolute Gasteiger partial charge is 0.481 e. The number of aliphatic carboxylic acids is 1. The molecule has 0 aliphatic heterocycles. The Hall–Kier alpha value is -2.56. The summed E-state index contributed by atoms with van der Waals surface area (Å²) < 4.78 is 4.84. The molecule has 0 saturated heterocycles. The van der Waals surface area contributed by atoms with Gasteiger partial charge in [0.05, 0.1) is 11.8 Å². The van der Waals surface area contributed by atoms with Crippen molar-refractivity contribution in [2.75, 3.05) is 5.32 Å². The van der Waals surface area contributed by atoms with Gasteiger partial charge in [-0.05, 0) is 24.1 Å². The van der Waals surface area contributed by atoms with Gasteiger partial charge >= 0.3 is 5.97 Å². The fourth-order valence-electron chi connectivity index (χ4n) is 1.69. The number of aryl methyl sites for hydroxylation is 1. The van der Waals surface area contributed by atoms with Crippen molar-refractivity contribution in [3.05, 3.63) is 54.0 Å². The minimum Gasteiger partial charge on any atom is -0.481 e. The second-order valence-corrected chi connectivity index (χ2v) is 4.02. The van der Waals surface area contributed by atoms with Crippen LogP contribution < -0.4 is 5.32 Å². The van der Waals surface area contributed by atoms with Gasteiger partial charge in [-0.25, -0.2) is 0 Å². The van der Waals surface area contributed by atoms with Crippen LogP contribution in [0.3, 0.4) is 0 Å². The van der Waals surface area contributed by atoms with Crippen LogP contribution in [0.15, 0.2) is 47.3 Å². The Morgan fingerprint density at radius 3 is 2.68 bits per heavy atom. The van der Waals surface area contributed by atoms with Crippen molar-refractivity contribution in [3.8, 4) is 0 Å². The maximum Gasteiger partial charge on any atom is 0.303 e. The zero-order valence-corrected chi connectivity index (χ0v) is 10.1. The fourth-order valence-corrected chi connectivity index (χ4v) is 1.69. The van der Waals surface area contributed by atoms with E-state index in [9.17, 15) is 9.59 Å². The Labute approximate surface area is 109 Å². The van der Waals surface area contributed by atoms with Crippen molar-refractivity contribution >= 4 is 17.6 Å². The van der Waals surface area contributed by atoms with Gasteiger partial charge < -0.3 is 14.8 Å². The summed E-state index contributed by atoms with van der Waals surface area (Å²) in [5.74, 6) is -1.15. The quantitative estimate of drug-likeness (QED) is 0.864. The number of amides is 1. The highest BCUT2D eigenvalue weighted by Crippen LogP contribution is 2.18. The van der Waals surface area contributed by atoms with Crippen LogP contribution in [-0.2, 0) is 11.2 Å². The molecule has 0 saturated carbocycles. The van der Waals surface area contributed by atoms with Crippen molar-refractivity contribution < 1.29 is 19.1 Å². The lowest BCUT2D eigenvalue weighted by molar-refractivity contribution is -0.136. The number of carbonyl (C=O) groups excluding carboxylic acids is 1. The van der Waals surface area contributed by atoms with Crippen LogP contribution in [0.4, 0.5) is 5.69 Å². The smallest absolute Gasteiger partial charge is 0.303 e. The Morgan fingerprint density at radius 1 is 1.21 bits per heavy atom. The molecule has 98 valence electrons. The van der Waals surface area contributed by atoms with Crippen LogP contribution in [0.2, 0.25) is 0 Å². The number of carboxylic acid groups (broad SMARTS) is 1. The van der Waals surface area contributed by atoms with E-state index in [1.54, 1.807) is 24.3 Å². The lowest BCUT2D eigenvalue weighted by atomic mass is 10.1. The van der Waals surface area contributed by atoms with Gasteiger partial charge in [-0.15, -0.1) is 0 Å². The van der Waals surface area contributed by atoms with Crippen molar-refractivity contribution in [2.45, 2.75) is 12.8 Å². The molecule has 0 fully saturated rings. The number of hydrogen-bond donors (Lipinski definition) is 2. The van der Waals surface area contributed by atoms with Gasteiger partial charge in [-0.3, -0.25) is 9.59 Å². The van der Waals surface area contributed by atoms with Gasteiger partial charge in [0.25, 0.3) is 5.91 Å². The molecule has 1 aromatic carbocycles. The number of carbonyl (C=O) groups is 2. The minimum atomic E-state index is -0.865. The van der Waals surface area contributed by atoms with E-state index in [4.69, 9.17) is 9.52 Å². The van der Waals surface area contributed by atoms with Crippen LogP contribution in [-0.4, -0.2) is 17.0 Å². The van der Waals surface area contributed by atoms with Gasteiger partial charge in [0.1, 0.15) is 6.26 Å².